The number of halogens is 3. The van der Waals surface area contributed by atoms with Gasteiger partial charge in [-0.05, 0) is 59.3 Å². The van der Waals surface area contributed by atoms with Crippen molar-refractivity contribution in [1.29, 1.82) is 0 Å². The van der Waals surface area contributed by atoms with E-state index in [9.17, 15) is 4.79 Å². The van der Waals surface area contributed by atoms with Crippen molar-refractivity contribution in [1.82, 2.24) is 5.43 Å². The molecule has 10 heteroatoms. The average Bonchev–Trinajstić information content (AvgIpc) is 3.13. The van der Waals surface area contributed by atoms with Crippen molar-refractivity contribution < 1.29 is 23.7 Å². The average molecular weight is 579 g/mol. The zero-order chi connectivity index (χ0) is 22.4. The molecular formula is C21H21Cl2IN2O5. The van der Waals surface area contributed by atoms with Crippen LogP contribution in [-0.2, 0) is 20.9 Å². The standard InChI is InChI=1S/C21H21Cl2IN2O5/c1-21(30-5-6-31-21)10-19(27)26-25-11-13-7-17(24)20(18(8-13)28-2)29-12-14-3-4-15(22)9-16(14)23/h3-4,7-9,11H,5-6,10,12H2,1-2H3,(H,26,27). The molecule has 1 amide bonds. The van der Waals surface area contributed by atoms with Crippen molar-refractivity contribution in [3.05, 3.63) is 55.1 Å². The predicted octanol–water partition coefficient (Wildman–Crippen LogP) is 4.79. The Hall–Kier alpha value is -1.59. The number of carbonyl (C=O) groups excluding carboxylic acids is 1. The van der Waals surface area contributed by atoms with E-state index in [1.165, 1.54) is 6.21 Å². The molecule has 166 valence electrons. The van der Waals surface area contributed by atoms with E-state index < -0.39 is 5.79 Å². The first-order valence-corrected chi connectivity index (χ1v) is 11.2. The van der Waals surface area contributed by atoms with Crippen molar-refractivity contribution in [2.45, 2.75) is 25.7 Å². The van der Waals surface area contributed by atoms with Gasteiger partial charge in [-0.25, -0.2) is 5.43 Å². The Morgan fingerprint density at radius 3 is 2.71 bits per heavy atom. The lowest BCUT2D eigenvalue weighted by Gasteiger charge is -2.20. The molecule has 1 N–H and O–H groups in total. The van der Waals surface area contributed by atoms with Gasteiger partial charge in [0.2, 0.25) is 5.91 Å². The van der Waals surface area contributed by atoms with E-state index in [2.05, 4.69) is 33.1 Å². The second-order valence-corrected chi connectivity index (χ2v) is 8.87. The summed E-state index contributed by atoms with van der Waals surface area (Å²) in [5, 5.41) is 5.10. The lowest BCUT2D eigenvalue weighted by Crippen LogP contribution is -2.33. The van der Waals surface area contributed by atoms with Crippen LogP contribution in [0, 0.1) is 3.57 Å². The molecule has 0 atom stereocenters. The van der Waals surface area contributed by atoms with Crippen molar-refractivity contribution in [3.63, 3.8) is 0 Å². The minimum atomic E-state index is -0.899. The molecule has 0 bridgehead atoms. The number of hydrogen-bond donors (Lipinski definition) is 1. The third-order valence-corrected chi connectivity index (χ3v) is 5.81. The fraction of sp³-hybridized carbons (Fsp3) is 0.333. The van der Waals surface area contributed by atoms with Gasteiger partial charge in [-0.1, -0.05) is 29.3 Å². The Labute approximate surface area is 204 Å². The normalized spacial score (nSPS) is 15.3. The molecule has 31 heavy (non-hydrogen) atoms. The van der Waals surface area contributed by atoms with Crippen molar-refractivity contribution in [2.24, 2.45) is 5.10 Å². The zero-order valence-electron chi connectivity index (χ0n) is 16.9. The van der Waals surface area contributed by atoms with Gasteiger partial charge in [-0.2, -0.15) is 5.10 Å². The Morgan fingerprint density at radius 2 is 2.03 bits per heavy atom. The van der Waals surface area contributed by atoms with Gasteiger partial charge in [0.25, 0.3) is 0 Å². The maximum absolute atomic E-state index is 12.1. The third kappa shape index (κ3) is 6.69. The smallest absolute Gasteiger partial charge is 0.245 e. The van der Waals surface area contributed by atoms with E-state index in [1.807, 2.05) is 12.1 Å². The highest BCUT2D eigenvalue weighted by molar-refractivity contribution is 14.1. The summed E-state index contributed by atoms with van der Waals surface area (Å²) in [6.07, 6.45) is 1.59. The highest BCUT2D eigenvalue weighted by Crippen LogP contribution is 2.35. The first-order chi connectivity index (χ1) is 14.8. The molecule has 0 aliphatic carbocycles. The van der Waals surface area contributed by atoms with E-state index in [1.54, 1.807) is 32.2 Å². The zero-order valence-corrected chi connectivity index (χ0v) is 20.6. The number of rotatable bonds is 8. The Balaban J connectivity index is 1.64. The van der Waals surface area contributed by atoms with Crippen LogP contribution in [-0.4, -0.2) is 38.2 Å². The molecule has 1 fully saturated rings. The fourth-order valence-electron chi connectivity index (χ4n) is 2.91. The largest absolute Gasteiger partial charge is 0.493 e. The first kappa shape index (κ1) is 24.1. The molecule has 0 radical (unpaired) electrons. The summed E-state index contributed by atoms with van der Waals surface area (Å²) in [4.78, 5) is 12.1. The van der Waals surface area contributed by atoms with Crippen LogP contribution in [0.25, 0.3) is 0 Å². The van der Waals surface area contributed by atoms with Gasteiger partial charge in [0.05, 0.1) is 36.5 Å². The number of amides is 1. The van der Waals surface area contributed by atoms with Gasteiger partial charge in [0.15, 0.2) is 17.3 Å². The molecule has 2 aromatic carbocycles. The maximum atomic E-state index is 12.1. The van der Waals surface area contributed by atoms with Crippen LogP contribution < -0.4 is 14.9 Å². The van der Waals surface area contributed by atoms with Gasteiger partial charge in [0.1, 0.15) is 6.61 Å². The number of nitrogens with one attached hydrogen (secondary N) is 1. The number of carbonyl (C=O) groups is 1. The predicted molar refractivity (Wildman–Crippen MR) is 127 cm³/mol. The van der Waals surface area contributed by atoms with Gasteiger partial charge < -0.3 is 18.9 Å². The van der Waals surface area contributed by atoms with Gasteiger partial charge in [0, 0.05) is 15.6 Å². The summed E-state index contributed by atoms with van der Waals surface area (Å²) >= 11 is 14.3. The minimum Gasteiger partial charge on any atom is -0.493 e. The van der Waals surface area contributed by atoms with E-state index in [4.69, 9.17) is 42.1 Å². The molecule has 2 aromatic rings. The SMILES string of the molecule is COc1cc(C=NNC(=O)CC2(C)OCCO2)cc(I)c1OCc1ccc(Cl)cc1Cl. The Bertz CT molecular complexity index is 980. The Morgan fingerprint density at radius 1 is 1.29 bits per heavy atom. The molecule has 1 saturated heterocycles. The minimum absolute atomic E-state index is 0.0607. The van der Waals surface area contributed by atoms with Crippen LogP contribution in [0.4, 0.5) is 0 Å². The van der Waals surface area contributed by atoms with E-state index in [-0.39, 0.29) is 18.9 Å². The summed E-state index contributed by atoms with van der Waals surface area (Å²) in [6.45, 7) is 2.94. The summed E-state index contributed by atoms with van der Waals surface area (Å²) in [5.41, 5.74) is 4.02. The van der Waals surface area contributed by atoms with Crippen LogP contribution in [0.1, 0.15) is 24.5 Å². The monoisotopic (exact) mass is 578 g/mol. The van der Waals surface area contributed by atoms with Gasteiger partial charge in [-0.15, -0.1) is 0 Å². The fourth-order valence-corrected chi connectivity index (χ4v) is 4.16. The summed E-state index contributed by atoms with van der Waals surface area (Å²) in [7, 11) is 1.55. The van der Waals surface area contributed by atoms with Crippen molar-refractivity contribution in [3.8, 4) is 11.5 Å². The number of hydrazone groups is 1. The van der Waals surface area contributed by atoms with E-state index >= 15 is 0 Å². The van der Waals surface area contributed by atoms with Crippen molar-refractivity contribution >= 4 is 57.9 Å². The second kappa shape index (κ2) is 10.8. The maximum Gasteiger partial charge on any atom is 0.245 e. The first-order valence-electron chi connectivity index (χ1n) is 9.34. The third-order valence-electron chi connectivity index (χ3n) is 4.42. The highest BCUT2D eigenvalue weighted by atomic mass is 127. The van der Waals surface area contributed by atoms with Crippen LogP contribution in [0.5, 0.6) is 11.5 Å². The molecule has 0 saturated carbocycles. The van der Waals surface area contributed by atoms with Gasteiger partial charge >= 0.3 is 0 Å². The van der Waals surface area contributed by atoms with E-state index in [0.29, 0.717) is 34.8 Å². The van der Waals surface area contributed by atoms with Crippen LogP contribution in [0.3, 0.4) is 0 Å². The molecule has 0 aromatic heterocycles. The molecule has 0 unspecified atom stereocenters. The summed E-state index contributed by atoms with van der Waals surface area (Å²) < 4.78 is 23.1. The van der Waals surface area contributed by atoms with E-state index in [0.717, 1.165) is 14.7 Å². The number of methoxy groups -OCH3 is 1. The van der Waals surface area contributed by atoms with Crippen LogP contribution >= 0.6 is 45.8 Å². The second-order valence-electron chi connectivity index (χ2n) is 6.86. The molecule has 7 nitrogen and oxygen atoms in total. The molecule has 0 spiro atoms. The lowest BCUT2D eigenvalue weighted by molar-refractivity contribution is -0.159. The van der Waals surface area contributed by atoms with Crippen LogP contribution in [0.2, 0.25) is 10.0 Å². The number of hydrogen-bond acceptors (Lipinski definition) is 6. The number of benzene rings is 2. The molecule has 1 aliphatic rings. The van der Waals surface area contributed by atoms with Crippen molar-refractivity contribution in [2.75, 3.05) is 20.3 Å². The number of ether oxygens (including phenoxy) is 4. The Kier molecular flexibility index (Phi) is 8.40. The summed E-state index contributed by atoms with van der Waals surface area (Å²) in [6, 6.07) is 8.87. The molecule has 3 rings (SSSR count). The lowest BCUT2D eigenvalue weighted by atomic mass is 10.2. The topological polar surface area (TPSA) is 78.4 Å². The molecule has 1 heterocycles. The van der Waals surface area contributed by atoms with Gasteiger partial charge in [-0.3, -0.25) is 4.79 Å². The highest BCUT2D eigenvalue weighted by Gasteiger charge is 2.33. The quantitative estimate of drug-likeness (QED) is 0.277. The summed E-state index contributed by atoms with van der Waals surface area (Å²) in [5.74, 6) is -0.0876. The van der Waals surface area contributed by atoms with Crippen LogP contribution in [0.15, 0.2) is 35.4 Å². The number of nitrogens with zero attached hydrogens (tertiary/aromatic N) is 1. The molecule has 1 aliphatic heterocycles. The molecular weight excluding hydrogens is 558 g/mol.